The van der Waals surface area contributed by atoms with E-state index in [1.165, 1.54) is 0 Å². The Balaban J connectivity index is 1.83. The number of nitrogens with two attached hydrogens (primary N) is 2. The van der Waals surface area contributed by atoms with Crippen molar-refractivity contribution in [3.05, 3.63) is 66.5 Å². The number of pyridine rings is 1. The van der Waals surface area contributed by atoms with Gasteiger partial charge in [0.1, 0.15) is 5.54 Å². The van der Waals surface area contributed by atoms with Gasteiger partial charge in [-0.15, -0.1) is 0 Å². The first-order valence-electron chi connectivity index (χ1n) is 7.73. The third kappa shape index (κ3) is 2.28. The molecule has 120 valence electrons. The smallest absolute Gasteiger partial charge is 0.153 e. The van der Waals surface area contributed by atoms with Crippen LogP contribution in [0.1, 0.15) is 12.2 Å². The second-order valence-corrected chi connectivity index (χ2v) is 6.11. The molecule has 4 rings (SSSR count). The van der Waals surface area contributed by atoms with E-state index >= 15 is 0 Å². The van der Waals surface area contributed by atoms with Gasteiger partial charge in [-0.25, -0.2) is 9.97 Å². The Morgan fingerprint density at radius 2 is 2.08 bits per heavy atom. The molecule has 1 atom stereocenters. The van der Waals surface area contributed by atoms with Gasteiger partial charge in [0.25, 0.3) is 0 Å². The number of nitrogens with zero attached hydrogens (tertiary/aromatic N) is 4. The third-order valence-electron chi connectivity index (χ3n) is 4.29. The third-order valence-corrected chi connectivity index (χ3v) is 4.29. The van der Waals surface area contributed by atoms with Gasteiger partial charge >= 0.3 is 0 Å². The summed E-state index contributed by atoms with van der Waals surface area (Å²) in [6.07, 6.45) is 11.6. The highest BCUT2D eigenvalue weighted by molar-refractivity contribution is 5.91. The van der Waals surface area contributed by atoms with Gasteiger partial charge < -0.3 is 16.0 Å². The summed E-state index contributed by atoms with van der Waals surface area (Å²) in [6, 6.07) is 5.84. The highest BCUT2D eigenvalue weighted by Crippen LogP contribution is 2.30. The monoisotopic (exact) mass is 318 g/mol. The second-order valence-electron chi connectivity index (χ2n) is 6.11. The van der Waals surface area contributed by atoms with Gasteiger partial charge in [0.2, 0.25) is 0 Å². The summed E-state index contributed by atoms with van der Waals surface area (Å²) in [7, 11) is 2.00. The van der Waals surface area contributed by atoms with E-state index in [0.717, 1.165) is 28.0 Å². The number of allylic oxidation sites excluding steroid dienone is 2. The van der Waals surface area contributed by atoms with Crippen molar-refractivity contribution in [2.75, 3.05) is 0 Å². The lowest BCUT2D eigenvalue weighted by Gasteiger charge is -2.26. The Hall–Kier alpha value is -2.99. The first kappa shape index (κ1) is 14.6. The van der Waals surface area contributed by atoms with Crippen molar-refractivity contribution in [2.24, 2.45) is 18.5 Å². The Bertz CT molecular complexity index is 984. The lowest BCUT2D eigenvalue weighted by Crippen LogP contribution is -2.39. The van der Waals surface area contributed by atoms with Crippen molar-refractivity contribution in [1.29, 1.82) is 0 Å². The van der Waals surface area contributed by atoms with E-state index in [1.807, 2.05) is 54.2 Å². The Morgan fingerprint density at radius 3 is 2.92 bits per heavy atom. The van der Waals surface area contributed by atoms with Crippen LogP contribution in [0.15, 0.2) is 60.7 Å². The van der Waals surface area contributed by atoms with E-state index in [9.17, 15) is 0 Å². The molecule has 3 heterocycles. The van der Waals surface area contributed by atoms with Crippen LogP contribution in [0.3, 0.4) is 0 Å². The Kier molecular flexibility index (Phi) is 3.21. The van der Waals surface area contributed by atoms with Crippen molar-refractivity contribution in [2.45, 2.75) is 12.0 Å². The fraction of sp³-hybridized carbons (Fsp3) is 0.167. The minimum absolute atomic E-state index is 0.501. The van der Waals surface area contributed by atoms with Crippen molar-refractivity contribution >= 4 is 11.0 Å². The maximum absolute atomic E-state index is 6.48. The molecule has 0 saturated heterocycles. The summed E-state index contributed by atoms with van der Waals surface area (Å²) < 4.78 is 2.04. The molecular weight excluding hydrogens is 300 g/mol. The van der Waals surface area contributed by atoms with E-state index in [2.05, 4.69) is 9.97 Å². The van der Waals surface area contributed by atoms with Crippen molar-refractivity contribution in [3.63, 3.8) is 0 Å². The maximum atomic E-state index is 6.48. The average Bonchev–Trinajstić information content (AvgIpc) is 2.92. The van der Waals surface area contributed by atoms with Gasteiger partial charge in [-0.05, 0) is 24.3 Å². The van der Waals surface area contributed by atoms with Gasteiger partial charge in [0, 0.05) is 43.3 Å². The van der Waals surface area contributed by atoms with E-state index in [1.54, 1.807) is 12.4 Å². The van der Waals surface area contributed by atoms with Crippen molar-refractivity contribution < 1.29 is 0 Å². The van der Waals surface area contributed by atoms with Gasteiger partial charge in [0.15, 0.2) is 5.82 Å². The SMILES string of the molecule is Cn1cc(-c2ccnc(C3(N)C=CC=C(N)C3)n2)c2ncccc21. The Labute approximate surface area is 139 Å². The molecule has 1 aliphatic rings. The van der Waals surface area contributed by atoms with Gasteiger partial charge in [-0.1, -0.05) is 12.2 Å². The molecule has 3 aromatic rings. The molecule has 0 radical (unpaired) electrons. The van der Waals surface area contributed by atoms with E-state index in [4.69, 9.17) is 16.5 Å². The number of aromatic nitrogens is 4. The van der Waals surface area contributed by atoms with Crippen LogP contribution in [0, 0.1) is 0 Å². The number of hydrogen-bond acceptors (Lipinski definition) is 5. The second kappa shape index (κ2) is 5.28. The minimum atomic E-state index is -0.785. The summed E-state index contributed by atoms with van der Waals surface area (Å²) >= 11 is 0. The van der Waals surface area contributed by atoms with Crippen LogP contribution in [-0.4, -0.2) is 19.5 Å². The number of fused-ring (bicyclic) bond motifs is 1. The standard InChI is InChI=1S/C18H18N6/c1-24-11-13(16-15(24)5-3-8-21-16)14-6-9-22-17(23-14)18(20)7-2-4-12(19)10-18/h2-9,11H,10,19-20H2,1H3. The molecule has 4 N–H and O–H groups in total. The average molecular weight is 318 g/mol. The van der Waals surface area contributed by atoms with Gasteiger partial charge in [0.05, 0.1) is 16.7 Å². The molecule has 6 nitrogen and oxygen atoms in total. The highest BCUT2D eigenvalue weighted by Gasteiger charge is 2.30. The molecule has 0 bridgehead atoms. The van der Waals surface area contributed by atoms with Crippen LogP contribution in [-0.2, 0) is 12.6 Å². The molecule has 3 aromatic heterocycles. The molecule has 0 spiro atoms. The topological polar surface area (TPSA) is 95.6 Å². The van der Waals surface area contributed by atoms with E-state index < -0.39 is 5.54 Å². The highest BCUT2D eigenvalue weighted by atomic mass is 15.0. The lowest BCUT2D eigenvalue weighted by atomic mass is 9.89. The van der Waals surface area contributed by atoms with Crippen LogP contribution in [0.5, 0.6) is 0 Å². The molecule has 0 fully saturated rings. The maximum Gasteiger partial charge on any atom is 0.153 e. The number of rotatable bonds is 2. The Morgan fingerprint density at radius 1 is 1.21 bits per heavy atom. The normalized spacial score (nSPS) is 20.3. The summed E-state index contributed by atoms with van der Waals surface area (Å²) in [6.45, 7) is 0. The van der Waals surface area contributed by atoms with Crippen LogP contribution in [0.25, 0.3) is 22.3 Å². The molecule has 0 aliphatic heterocycles. The zero-order valence-electron chi connectivity index (χ0n) is 13.3. The quantitative estimate of drug-likeness (QED) is 0.753. The molecule has 1 unspecified atom stereocenters. The molecule has 1 aliphatic carbocycles. The van der Waals surface area contributed by atoms with Gasteiger partial charge in [-0.2, -0.15) is 0 Å². The first-order chi connectivity index (χ1) is 11.6. The van der Waals surface area contributed by atoms with Crippen LogP contribution < -0.4 is 11.5 Å². The molecule has 0 amide bonds. The first-order valence-corrected chi connectivity index (χ1v) is 7.73. The fourth-order valence-corrected chi connectivity index (χ4v) is 3.09. The molecular formula is C18H18N6. The molecule has 6 heteroatoms. The van der Waals surface area contributed by atoms with E-state index in [-0.39, 0.29) is 0 Å². The minimum Gasteiger partial charge on any atom is -0.402 e. The number of hydrogen-bond donors (Lipinski definition) is 2. The van der Waals surface area contributed by atoms with E-state index in [0.29, 0.717) is 12.2 Å². The predicted molar refractivity (Wildman–Crippen MR) is 93.6 cm³/mol. The number of aryl methyl sites for hydroxylation is 1. The molecule has 0 saturated carbocycles. The van der Waals surface area contributed by atoms with Crippen molar-refractivity contribution in [1.82, 2.24) is 19.5 Å². The van der Waals surface area contributed by atoms with Gasteiger partial charge in [-0.3, -0.25) is 4.98 Å². The lowest BCUT2D eigenvalue weighted by molar-refractivity contribution is 0.510. The largest absolute Gasteiger partial charge is 0.402 e. The van der Waals surface area contributed by atoms with Crippen LogP contribution in [0.4, 0.5) is 0 Å². The zero-order valence-corrected chi connectivity index (χ0v) is 13.3. The summed E-state index contributed by atoms with van der Waals surface area (Å²) in [4.78, 5) is 13.6. The predicted octanol–water partition coefficient (Wildman–Crippen LogP) is 1.99. The summed E-state index contributed by atoms with van der Waals surface area (Å²) in [5.41, 5.74) is 16.1. The molecule has 0 aromatic carbocycles. The summed E-state index contributed by atoms with van der Waals surface area (Å²) in [5.74, 6) is 0.556. The van der Waals surface area contributed by atoms with Crippen LogP contribution >= 0.6 is 0 Å². The fourth-order valence-electron chi connectivity index (χ4n) is 3.09. The summed E-state index contributed by atoms with van der Waals surface area (Å²) in [5, 5.41) is 0. The zero-order chi connectivity index (χ0) is 16.7. The van der Waals surface area contributed by atoms with Crippen molar-refractivity contribution in [3.8, 4) is 11.3 Å². The molecule has 24 heavy (non-hydrogen) atoms. The van der Waals surface area contributed by atoms with Crippen LogP contribution in [0.2, 0.25) is 0 Å².